The van der Waals surface area contributed by atoms with Crippen molar-refractivity contribution in [2.45, 2.75) is 13.3 Å². The van der Waals surface area contributed by atoms with Gasteiger partial charge in [-0.15, -0.1) is 0 Å². The van der Waals surface area contributed by atoms with E-state index in [2.05, 4.69) is 49.4 Å². The molecule has 3 heteroatoms. The van der Waals surface area contributed by atoms with Gasteiger partial charge in [-0.3, -0.25) is 0 Å². The minimum absolute atomic E-state index is 0.826. The van der Waals surface area contributed by atoms with E-state index in [1.807, 2.05) is 0 Å². The summed E-state index contributed by atoms with van der Waals surface area (Å²) >= 11 is -0.826. The Morgan fingerprint density at radius 3 is 2.35 bits per heavy atom. The summed E-state index contributed by atoms with van der Waals surface area (Å²) < 4.78 is 0. The molecule has 0 saturated heterocycles. The normalized spacial score (nSPS) is 11.0. The van der Waals surface area contributed by atoms with E-state index in [0.29, 0.717) is 0 Å². The van der Waals surface area contributed by atoms with Gasteiger partial charge in [0.2, 0.25) is 0 Å². The standard InChI is InChI=1S/C14H12.2ClH.Zr/c1-10-6-7-14-12(8-10)9-11-4-2-3-5-13(11)14;;;/h2-8H,9H2,1H3;2*1H;/q;;;+2/p-2. The number of fused-ring (bicyclic) bond motifs is 3. The molecule has 0 atom stereocenters. The maximum atomic E-state index is 4.93. The predicted octanol–water partition coefficient (Wildman–Crippen LogP) is 4.94. The average molecular weight is 342 g/mol. The molecule has 0 radical (unpaired) electrons. The third-order valence-corrected chi connectivity index (χ3v) is 2.95. The van der Waals surface area contributed by atoms with Gasteiger partial charge in [0.05, 0.1) is 0 Å². The molecule has 0 aliphatic heterocycles. The summed E-state index contributed by atoms with van der Waals surface area (Å²) in [6.07, 6.45) is 1.10. The molecule has 2 aromatic carbocycles. The van der Waals surface area contributed by atoms with Crippen LogP contribution < -0.4 is 0 Å². The predicted molar refractivity (Wildman–Crippen MR) is 71.1 cm³/mol. The van der Waals surface area contributed by atoms with Crippen molar-refractivity contribution in [1.29, 1.82) is 0 Å². The monoisotopic (exact) mass is 340 g/mol. The fourth-order valence-electron chi connectivity index (χ4n) is 2.27. The molecule has 0 N–H and O–H groups in total. The van der Waals surface area contributed by atoms with Crippen molar-refractivity contribution >= 4 is 17.0 Å². The molecule has 0 bridgehead atoms. The molecule has 0 aromatic heterocycles. The van der Waals surface area contributed by atoms with Crippen molar-refractivity contribution in [2.24, 2.45) is 0 Å². The minimum atomic E-state index is -0.826. The van der Waals surface area contributed by atoms with Gasteiger partial charge in [-0.1, -0.05) is 48.0 Å². The number of hydrogen-bond donors (Lipinski definition) is 0. The Hall–Kier alpha value is -0.0969. The first-order chi connectivity index (χ1) is 8.26. The second kappa shape index (κ2) is 6.18. The topological polar surface area (TPSA) is 0 Å². The van der Waals surface area contributed by atoms with Crippen LogP contribution in [0.2, 0.25) is 0 Å². The van der Waals surface area contributed by atoms with E-state index in [9.17, 15) is 0 Å². The van der Waals surface area contributed by atoms with Crippen LogP contribution in [0.4, 0.5) is 0 Å². The molecule has 0 unspecified atom stereocenters. The molecule has 0 saturated carbocycles. The molecule has 0 heterocycles. The Bertz CT molecular complexity index is 523. The molecule has 1 aliphatic rings. The molecule has 0 fully saturated rings. The van der Waals surface area contributed by atoms with Gasteiger partial charge in [-0.2, -0.15) is 0 Å². The summed E-state index contributed by atoms with van der Waals surface area (Å²) in [5.41, 5.74) is 7.14. The van der Waals surface area contributed by atoms with Gasteiger partial charge in [0, 0.05) is 0 Å². The summed E-state index contributed by atoms with van der Waals surface area (Å²) in [5, 5.41) is 0. The van der Waals surface area contributed by atoms with Crippen LogP contribution in [0.25, 0.3) is 11.1 Å². The molecule has 2 aromatic rings. The van der Waals surface area contributed by atoms with Crippen LogP contribution in [-0.4, -0.2) is 0 Å². The van der Waals surface area contributed by atoms with E-state index in [0.717, 1.165) is 6.42 Å². The fourth-order valence-corrected chi connectivity index (χ4v) is 2.27. The number of rotatable bonds is 0. The van der Waals surface area contributed by atoms with Crippen LogP contribution in [0.1, 0.15) is 16.7 Å². The summed E-state index contributed by atoms with van der Waals surface area (Å²) in [5.74, 6) is 0. The summed E-state index contributed by atoms with van der Waals surface area (Å²) in [4.78, 5) is 0. The Morgan fingerprint density at radius 1 is 0.941 bits per heavy atom. The summed E-state index contributed by atoms with van der Waals surface area (Å²) in [6, 6.07) is 15.4. The number of halogens is 2. The first kappa shape index (κ1) is 13.3. The van der Waals surface area contributed by atoms with Crippen molar-refractivity contribution in [2.75, 3.05) is 0 Å². The molecular weight excluding hydrogens is 330 g/mol. The third kappa shape index (κ3) is 3.02. The molecule has 86 valence electrons. The van der Waals surface area contributed by atoms with E-state index in [-0.39, 0.29) is 0 Å². The van der Waals surface area contributed by atoms with Crippen molar-refractivity contribution < 1.29 is 20.8 Å². The Labute approximate surface area is 121 Å². The second-order valence-corrected chi connectivity index (χ2v) is 7.80. The van der Waals surface area contributed by atoms with E-state index in [4.69, 9.17) is 17.0 Å². The van der Waals surface area contributed by atoms with Crippen LogP contribution in [-0.2, 0) is 27.3 Å². The Morgan fingerprint density at radius 2 is 1.59 bits per heavy atom. The molecule has 0 spiro atoms. The number of hydrogen-bond acceptors (Lipinski definition) is 0. The van der Waals surface area contributed by atoms with Crippen LogP contribution in [0.3, 0.4) is 0 Å². The zero-order chi connectivity index (χ0) is 12.3. The van der Waals surface area contributed by atoms with E-state index in [1.165, 1.54) is 27.8 Å². The van der Waals surface area contributed by atoms with Crippen LogP contribution in [0.15, 0.2) is 42.5 Å². The van der Waals surface area contributed by atoms with E-state index < -0.39 is 20.8 Å². The van der Waals surface area contributed by atoms with Crippen LogP contribution >= 0.6 is 17.0 Å². The second-order valence-electron chi connectivity index (χ2n) is 4.07. The van der Waals surface area contributed by atoms with Crippen LogP contribution in [0, 0.1) is 6.92 Å². The zero-order valence-electron chi connectivity index (χ0n) is 9.50. The average Bonchev–Trinajstić information content (AvgIpc) is 2.67. The summed E-state index contributed by atoms with van der Waals surface area (Å²) in [6.45, 7) is 2.16. The van der Waals surface area contributed by atoms with Gasteiger partial charge >= 0.3 is 37.9 Å². The molecule has 0 nitrogen and oxygen atoms in total. The Kier molecular flexibility index (Phi) is 4.85. The maximum absolute atomic E-state index is 4.93. The molecule has 3 rings (SSSR count). The van der Waals surface area contributed by atoms with Crippen molar-refractivity contribution in [3.05, 3.63) is 59.2 Å². The van der Waals surface area contributed by atoms with Gasteiger partial charge in [0.1, 0.15) is 0 Å². The SMILES string of the molecule is Cc1ccc2c(c1)Cc1ccccc1-2.[Cl][Zr][Cl]. The van der Waals surface area contributed by atoms with Gasteiger partial charge in [-0.25, -0.2) is 0 Å². The van der Waals surface area contributed by atoms with Crippen molar-refractivity contribution in [1.82, 2.24) is 0 Å². The molecule has 1 aliphatic carbocycles. The number of benzene rings is 2. The number of aryl methyl sites for hydroxylation is 1. The van der Waals surface area contributed by atoms with Gasteiger partial charge in [-0.05, 0) is 35.6 Å². The van der Waals surface area contributed by atoms with E-state index in [1.54, 1.807) is 0 Å². The van der Waals surface area contributed by atoms with Crippen LogP contribution in [0.5, 0.6) is 0 Å². The van der Waals surface area contributed by atoms with Crippen molar-refractivity contribution in [3.63, 3.8) is 0 Å². The first-order valence-electron chi connectivity index (χ1n) is 5.40. The molecule has 17 heavy (non-hydrogen) atoms. The quantitative estimate of drug-likeness (QED) is 0.543. The van der Waals surface area contributed by atoms with Gasteiger partial charge < -0.3 is 0 Å². The third-order valence-electron chi connectivity index (χ3n) is 2.95. The molecular formula is C14H12Cl2Zr. The fraction of sp³-hybridized carbons (Fsp3) is 0.143. The molecule has 0 amide bonds. The van der Waals surface area contributed by atoms with Crippen molar-refractivity contribution in [3.8, 4) is 11.1 Å². The first-order valence-corrected chi connectivity index (χ1v) is 11.7. The van der Waals surface area contributed by atoms with Gasteiger partial charge in [0.25, 0.3) is 0 Å². The van der Waals surface area contributed by atoms with Gasteiger partial charge in [0.15, 0.2) is 0 Å². The summed E-state index contributed by atoms with van der Waals surface area (Å²) in [7, 11) is 9.87. The Balaban J connectivity index is 0.000000329. The van der Waals surface area contributed by atoms with E-state index >= 15 is 0 Å². The zero-order valence-corrected chi connectivity index (χ0v) is 13.5.